The van der Waals surface area contributed by atoms with Crippen LogP contribution < -0.4 is 4.74 Å². The Hall–Kier alpha value is -2.23. The summed E-state index contributed by atoms with van der Waals surface area (Å²) in [7, 11) is 1.64. The highest BCUT2D eigenvalue weighted by Gasteiger charge is 2.09. The number of nitrogens with zero attached hydrogens (tertiary/aromatic N) is 2. The van der Waals surface area contributed by atoms with Crippen molar-refractivity contribution in [3.63, 3.8) is 0 Å². The molecule has 0 unspecified atom stereocenters. The lowest BCUT2D eigenvalue weighted by Gasteiger charge is -2.01. The summed E-state index contributed by atoms with van der Waals surface area (Å²) in [6, 6.07) is 9.59. The van der Waals surface area contributed by atoms with E-state index in [2.05, 4.69) is 4.98 Å². The largest absolute Gasteiger partial charge is 0.482 e. The maximum absolute atomic E-state index is 5.56. The Morgan fingerprint density at radius 3 is 2.82 bits per heavy atom. The Balaban J connectivity index is 2.19. The van der Waals surface area contributed by atoms with Crippen LogP contribution in [0.4, 0.5) is 0 Å². The molecule has 0 amide bonds. The lowest BCUT2D eigenvalue weighted by atomic mass is 10.3. The Morgan fingerprint density at radius 2 is 2.12 bits per heavy atom. The monoisotopic (exact) mass is 228 g/mol. The van der Waals surface area contributed by atoms with E-state index in [4.69, 9.17) is 9.15 Å². The van der Waals surface area contributed by atoms with Crippen molar-refractivity contribution >= 4 is 5.65 Å². The van der Waals surface area contributed by atoms with Crippen LogP contribution in [0.3, 0.4) is 0 Å². The molecule has 0 spiro atoms. The fraction of sp³-hybridized carbons (Fsp3) is 0.154. The van der Waals surface area contributed by atoms with E-state index in [9.17, 15) is 0 Å². The van der Waals surface area contributed by atoms with Crippen molar-refractivity contribution in [2.75, 3.05) is 7.11 Å². The first-order chi connectivity index (χ1) is 8.28. The van der Waals surface area contributed by atoms with Crippen LogP contribution in [0.2, 0.25) is 0 Å². The molecule has 3 heterocycles. The Morgan fingerprint density at radius 1 is 1.24 bits per heavy atom. The maximum atomic E-state index is 5.56. The molecule has 3 aromatic heterocycles. The number of aryl methyl sites for hydroxylation is 1. The number of pyridine rings is 1. The highest BCUT2D eigenvalue weighted by atomic mass is 16.5. The first-order valence-electron chi connectivity index (χ1n) is 5.37. The van der Waals surface area contributed by atoms with E-state index in [0.717, 1.165) is 28.7 Å². The molecule has 3 rings (SSSR count). The van der Waals surface area contributed by atoms with E-state index in [-0.39, 0.29) is 0 Å². The minimum absolute atomic E-state index is 0.754. The third-order valence-electron chi connectivity index (χ3n) is 2.66. The van der Waals surface area contributed by atoms with Gasteiger partial charge in [-0.2, -0.15) is 0 Å². The fourth-order valence-electron chi connectivity index (χ4n) is 1.84. The molecule has 0 aromatic carbocycles. The number of imidazole rings is 1. The van der Waals surface area contributed by atoms with Gasteiger partial charge in [0, 0.05) is 6.20 Å². The Labute approximate surface area is 98.5 Å². The van der Waals surface area contributed by atoms with Gasteiger partial charge in [0.2, 0.25) is 0 Å². The molecule has 0 atom stereocenters. The average Bonchev–Trinajstić information content (AvgIpc) is 2.93. The molecule has 86 valence electrons. The van der Waals surface area contributed by atoms with Gasteiger partial charge in [-0.15, -0.1) is 0 Å². The maximum Gasteiger partial charge on any atom is 0.198 e. The number of rotatable bonds is 2. The predicted octanol–water partition coefficient (Wildman–Crippen LogP) is 2.91. The van der Waals surface area contributed by atoms with Crippen molar-refractivity contribution in [2.45, 2.75) is 6.92 Å². The minimum atomic E-state index is 0.754. The summed E-state index contributed by atoms with van der Waals surface area (Å²) in [5.74, 6) is 2.40. The summed E-state index contributed by atoms with van der Waals surface area (Å²) in [4.78, 5) is 4.49. The Kier molecular flexibility index (Phi) is 2.14. The number of furan rings is 1. The van der Waals surface area contributed by atoms with Gasteiger partial charge < -0.3 is 9.15 Å². The zero-order chi connectivity index (χ0) is 11.8. The normalized spacial score (nSPS) is 10.9. The number of methoxy groups -OCH3 is 1. The second kappa shape index (κ2) is 3.66. The molecule has 0 saturated carbocycles. The summed E-state index contributed by atoms with van der Waals surface area (Å²) in [6.07, 6.45) is 1.91. The van der Waals surface area contributed by atoms with Gasteiger partial charge in [0.05, 0.1) is 7.11 Å². The van der Waals surface area contributed by atoms with Gasteiger partial charge in [0.1, 0.15) is 17.1 Å². The SMILES string of the molecule is COc1cccc2nc(-c3ccc(C)o3)cn12. The van der Waals surface area contributed by atoms with Gasteiger partial charge in [0.15, 0.2) is 11.6 Å². The van der Waals surface area contributed by atoms with Crippen LogP contribution in [0.25, 0.3) is 17.1 Å². The van der Waals surface area contributed by atoms with E-state index in [0.29, 0.717) is 0 Å². The summed E-state index contributed by atoms with van der Waals surface area (Å²) in [5.41, 5.74) is 1.65. The first-order valence-corrected chi connectivity index (χ1v) is 5.37. The van der Waals surface area contributed by atoms with E-state index >= 15 is 0 Å². The van der Waals surface area contributed by atoms with Crippen molar-refractivity contribution in [3.05, 3.63) is 42.3 Å². The lowest BCUT2D eigenvalue weighted by molar-refractivity contribution is 0.392. The van der Waals surface area contributed by atoms with Crippen molar-refractivity contribution in [3.8, 4) is 17.3 Å². The summed E-state index contributed by atoms with van der Waals surface area (Å²) < 4.78 is 12.7. The lowest BCUT2D eigenvalue weighted by Crippen LogP contribution is -1.91. The van der Waals surface area contributed by atoms with Crippen molar-refractivity contribution in [1.82, 2.24) is 9.38 Å². The number of hydrogen-bond acceptors (Lipinski definition) is 3. The van der Waals surface area contributed by atoms with Gasteiger partial charge in [-0.05, 0) is 31.2 Å². The molecule has 0 saturated heterocycles. The predicted molar refractivity (Wildman–Crippen MR) is 64.2 cm³/mol. The van der Waals surface area contributed by atoms with E-state index in [1.54, 1.807) is 7.11 Å². The summed E-state index contributed by atoms with van der Waals surface area (Å²) >= 11 is 0. The molecule has 0 fully saturated rings. The van der Waals surface area contributed by atoms with Crippen molar-refractivity contribution in [2.24, 2.45) is 0 Å². The molecule has 17 heavy (non-hydrogen) atoms. The summed E-state index contributed by atoms with van der Waals surface area (Å²) in [5, 5.41) is 0. The molecule has 4 heteroatoms. The second-order valence-electron chi connectivity index (χ2n) is 3.83. The molecule has 0 bridgehead atoms. The highest BCUT2D eigenvalue weighted by Crippen LogP contribution is 2.24. The van der Waals surface area contributed by atoms with Crippen molar-refractivity contribution in [1.29, 1.82) is 0 Å². The third-order valence-corrected chi connectivity index (χ3v) is 2.66. The second-order valence-corrected chi connectivity index (χ2v) is 3.83. The standard InChI is InChI=1S/C13H12N2O2/c1-9-6-7-11(17-9)10-8-15-12(14-10)4-3-5-13(15)16-2/h3-8H,1-2H3. The van der Waals surface area contributed by atoms with Gasteiger partial charge in [-0.25, -0.2) is 4.98 Å². The third kappa shape index (κ3) is 1.58. The average molecular weight is 228 g/mol. The van der Waals surface area contributed by atoms with E-state index in [1.165, 1.54) is 0 Å². The Bertz CT molecular complexity index is 667. The molecule has 0 aliphatic rings. The van der Waals surface area contributed by atoms with Gasteiger partial charge >= 0.3 is 0 Å². The van der Waals surface area contributed by atoms with Crippen LogP contribution in [-0.2, 0) is 0 Å². The van der Waals surface area contributed by atoms with Crippen LogP contribution in [0.5, 0.6) is 5.88 Å². The topological polar surface area (TPSA) is 39.7 Å². The number of fused-ring (bicyclic) bond motifs is 1. The molecule has 3 aromatic rings. The quantitative estimate of drug-likeness (QED) is 0.677. The fourth-order valence-corrected chi connectivity index (χ4v) is 1.84. The number of aromatic nitrogens is 2. The van der Waals surface area contributed by atoms with Crippen LogP contribution in [0, 0.1) is 6.92 Å². The van der Waals surface area contributed by atoms with Gasteiger partial charge in [0.25, 0.3) is 0 Å². The van der Waals surface area contributed by atoms with Gasteiger partial charge in [-0.1, -0.05) is 6.07 Å². The molecular weight excluding hydrogens is 216 g/mol. The zero-order valence-electron chi connectivity index (χ0n) is 9.68. The van der Waals surface area contributed by atoms with Crippen LogP contribution >= 0.6 is 0 Å². The van der Waals surface area contributed by atoms with Crippen molar-refractivity contribution < 1.29 is 9.15 Å². The van der Waals surface area contributed by atoms with E-state index < -0.39 is 0 Å². The smallest absolute Gasteiger partial charge is 0.198 e. The van der Waals surface area contributed by atoms with E-state index in [1.807, 2.05) is 47.9 Å². The zero-order valence-corrected chi connectivity index (χ0v) is 9.68. The molecule has 0 radical (unpaired) electrons. The van der Waals surface area contributed by atoms with Crippen LogP contribution in [0.1, 0.15) is 5.76 Å². The number of hydrogen-bond donors (Lipinski definition) is 0. The molecule has 0 aliphatic heterocycles. The molecule has 4 nitrogen and oxygen atoms in total. The molecular formula is C13H12N2O2. The molecule has 0 aliphatic carbocycles. The molecule has 0 N–H and O–H groups in total. The summed E-state index contributed by atoms with van der Waals surface area (Å²) in [6.45, 7) is 1.92. The first kappa shape index (κ1) is 9.96. The van der Waals surface area contributed by atoms with Gasteiger partial charge in [-0.3, -0.25) is 4.40 Å². The van der Waals surface area contributed by atoms with Crippen LogP contribution in [0.15, 0.2) is 40.9 Å². The highest BCUT2D eigenvalue weighted by molar-refractivity contribution is 5.58. The minimum Gasteiger partial charge on any atom is -0.482 e. The number of ether oxygens (including phenoxy) is 1. The van der Waals surface area contributed by atoms with Crippen LogP contribution in [-0.4, -0.2) is 16.5 Å².